The summed E-state index contributed by atoms with van der Waals surface area (Å²) in [5, 5.41) is 0. The molecule has 2 aliphatic rings. The van der Waals surface area contributed by atoms with Crippen LogP contribution in [0, 0.1) is 24.5 Å². The summed E-state index contributed by atoms with van der Waals surface area (Å²) in [7, 11) is -4.06. The SMILES string of the molecule is Cc1cc(F)c(S(=O)(=O)NC[C@H]2C[C@H]3CC[C@H]2O3)cc1F. The molecule has 2 bridgehead atoms. The van der Waals surface area contributed by atoms with Crippen molar-refractivity contribution in [1.29, 1.82) is 0 Å². The summed E-state index contributed by atoms with van der Waals surface area (Å²) >= 11 is 0. The fraction of sp³-hybridized carbons (Fsp3) is 0.571. The van der Waals surface area contributed by atoms with Crippen LogP contribution in [-0.2, 0) is 14.8 Å². The van der Waals surface area contributed by atoms with E-state index in [0.717, 1.165) is 31.4 Å². The average molecular weight is 317 g/mol. The Bertz CT molecular complexity index is 662. The summed E-state index contributed by atoms with van der Waals surface area (Å²) in [6.07, 6.45) is 3.07. The summed E-state index contributed by atoms with van der Waals surface area (Å²) < 4.78 is 59.5. The highest BCUT2D eigenvalue weighted by atomic mass is 32.2. The van der Waals surface area contributed by atoms with Crippen molar-refractivity contribution in [3.63, 3.8) is 0 Å². The minimum Gasteiger partial charge on any atom is -0.375 e. The number of hydrogen-bond acceptors (Lipinski definition) is 3. The summed E-state index contributed by atoms with van der Waals surface area (Å²) in [5.74, 6) is -1.57. The standard InChI is InChI=1S/C14H17F2NO3S/c1-8-4-12(16)14(6-11(8)15)21(18,19)17-7-9-5-10-2-3-13(9)20-10/h4,6,9-10,13,17H,2-3,5,7H2,1H3/t9-,10-,13-/m1/s1. The minimum absolute atomic E-state index is 0.0768. The van der Waals surface area contributed by atoms with E-state index in [4.69, 9.17) is 4.74 Å². The smallest absolute Gasteiger partial charge is 0.243 e. The van der Waals surface area contributed by atoms with Crippen molar-refractivity contribution in [1.82, 2.24) is 4.72 Å². The molecule has 2 fully saturated rings. The highest BCUT2D eigenvalue weighted by molar-refractivity contribution is 7.89. The first kappa shape index (κ1) is 14.9. The molecule has 2 saturated heterocycles. The first-order valence-electron chi connectivity index (χ1n) is 6.97. The van der Waals surface area contributed by atoms with Crippen LogP contribution in [0.4, 0.5) is 8.78 Å². The van der Waals surface area contributed by atoms with Gasteiger partial charge < -0.3 is 4.74 Å². The van der Waals surface area contributed by atoms with Crippen LogP contribution in [0.25, 0.3) is 0 Å². The molecule has 0 radical (unpaired) electrons. The molecular formula is C14H17F2NO3S. The molecule has 3 rings (SSSR count). The first-order chi connectivity index (χ1) is 9.87. The van der Waals surface area contributed by atoms with Gasteiger partial charge in [0.1, 0.15) is 16.5 Å². The molecule has 0 aliphatic carbocycles. The van der Waals surface area contributed by atoms with Crippen LogP contribution in [0.3, 0.4) is 0 Å². The number of benzene rings is 1. The Morgan fingerprint density at radius 3 is 2.67 bits per heavy atom. The third-order valence-corrected chi connectivity index (χ3v) is 5.71. The average Bonchev–Trinajstić information content (AvgIpc) is 3.03. The van der Waals surface area contributed by atoms with Crippen molar-refractivity contribution >= 4 is 10.0 Å². The van der Waals surface area contributed by atoms with E-state index in [1.807, 2.05) is 0 Å². The second-order valence-corrected chi connectivity index (χ2v) is 7.49. The third kappa shape index (κ3) is 2.82. The quantitative estimate of drug-likeness (QED) is 0.925. The van der Waals surface area contributed by atoms with Gasteiger partial charge in [-0.25, -0.2) is 21.9 Å². The fourth-order valence-electron chi connectivity index (χ4n) is 3.09. The number of fused-ring (bicyclic) bond motifs is 2. The van der Waals surface area contributed by atoms with E-state index in [1.165, 1.54) is 6.92 Å². The second-order valence-electron chi connectivity index (χ2n) is 5.75. The van der Waals surface area contributed by atoms with E-state index in [-0.39, 0.29) is 30.2 Å². The van der Waals surface area contributed by atoms with Gasteiger partial charge in [-0.3, -0.25) is 0 Å². The van der Waals surface area contributed by atoms with Gasteiger partial charge in [0.15, 0.2) is 0 Å². The van der Waals surface area contributed by atoms with Gasteiger partial charge >= 0.3 is 0 Å². The maximum Gasteiger partial charge on any atom is 0.243 e. The lowest BCUT2D eigenvalue weighted by molar-refractivity contribution is 0.0932. The van der Waals surface area contributed by atoms with Crippen molar-refractivity contribution in [2.45, 2.75) is 43.3 Å². The summed E-state index contributed by atoms with van der Waals surface area (Å²) in [6.45, 7) is 1.58. The number of nitrogens with one attached hydrogen (secondary N) is 1. The Kier molecular flexibility index (Phi) is 3.75. The van der Waals surface area contributed by atoms with E-state index >= 15 is 0 Å². The minimum atomic E-state index is -4.06. The van der Waals surface area contributed by atoms with Gasteiger partial charge in [0, 0.05) is 12.5 Å². The molecule has 1 aromatic rings. The summed E-state index contributed by atoms with van der Waals surface area (Å²) in [6, 6.07) is 1.62. The fourth-order valence-corrected chi connectivity index (χ4v) is 4.25. The molecule has 116 valence electrons. The van der Waals surface area contributed by atoms with Gasteiger partial charge in [-0.1, -0.05) is 0 Å². The lowest BCUT2D eigenvalue weighted by Gasteiger charge is -2.19. The Morgan fingerprint density at radius 2 is 2.05 bits per heavy atom. The molecule has 1 aromatic carbocycles. The van der Waals surface area contributed by atoms with E-state index in [0.29, 0.717) is 0 Å². The van der Waals surface area contributed by atoms with Crippen molar-refractivity contribution in [3.8, 4) is 0 Å². The normalized spacial score (nSPS) is 28.2. The zero-order valence-corrected chi connectivity index (χ0v) is 12.4. The van der Waals surface area contributed by atoms with Gasteiger partial charge in [0.2, 0.25) is 10.0 Å². The van der Waals surface area contributed by atoms with Gasteiger partial charge in [0.05, 0.1) is 12.2 Å². The van der Waals surface area contributed by atoms with Crippen LogP contribution in [0.15, 0.2) is 17.0 Å². The molecular weight excluding hydrogens is 300 g/mol. The van der Waals surface area contributed by atoms with Gasteiger partial charge in [-0.15, -0.1) is 0 Å². The van der Waals surface area contributed by atoms with Crippen LogP contribution in [0.2, 0.25) is 0 Å². The number of hydrogen-bond donors (Lipinski definition) is 1. The van der Waals surface area contributed by atoms with E-state index < -0.39 is 26.6 Å². The largest absolute Gasteiger partial charge is 0.375 e. The highest BCUT2D eigenvalue weighted by Crippen LogP contribution is 2.38. The monoisotopic (exact) mass is 317 g/mol. The molecule has 1 N–H and O–H groups in total. The Labute approximate surface area is 122 Å². The van der Waals surface area contributed by atoms with Crippen molar-refractivity contribution in [2.24, 2.45) is 5.92 Å². The lowest BCUT2D eigenvalue weighted by Crippen LogP contribution is -2.34. The number of rotatable bonds is 4. The molecule has 2 aliphatic heterocycles. The molecule has 3 atom stereocenters. The zero-order valence-electron chi connectivity index (χ0n) is 11.6. The van der Waals surface area contributed by atoms with E-state index in [1.54, 1.807) is 0 Å². The predicted molar refractivity (Wildman–Crippen MR) is 72.3 cm³/mol. The zero-order chi connectivity index (χ0) is 15.2. The van der Waals surface area contributed by atoms with Crippen LogP contribution in [0.1, 0.15) is 24.8 Å². The van der Waals surface area contributed by atoms with Gasteiger partial charge in [-0.05, 0) is 43.9 Å². The Balaban J connectivity index is 1.74. The summed E-state index contributed by atoms with van der Waals surface area (Å²) in [5.41, 5.74) is 0.0768. The number of halogens is 2. The first-order valence-corrected chi connectivity index (χ1v) is 8.46. The second kappa shape index (κ2) is 5.30. The molecule has 4 nitrogen and oxygen atoms in total. The Hall–Kier alpha value is -1.05. The maximum absolute atomic E-state index is 13.8. The molecule has 21 heavy (non-hydrogen) atoms. The number of ether oxygens (including phenoxy) is 1. The maximum atomic E-state index is 13.8. The van der Waals surface area contributed by atoms with Crippen LogP contribution < -0.4 is 4.72 Å². The Morgan fingerprint density at radius 1 is 1.29 bits per heavy atom. The third-order valence-electron chi connectivity index (χ3n) is 4.27. The van der Waals surface area contributed by atoms with Gasteiger partial charge in [-0.2, -0.15) is 0 Å². The molecule has 0 amide bonds. The van der Waals surface area contributed by atoms with Crippen molar-refractivity contribution in [3.05, 3.63) is 29.3 Å². The van der Waals surface area contributed by atoms with Crippen LogP contribution in [0.5, 0.6) is 0 Å². The van der Waals surface area contributed by atoms with E-state index in [2.05, 4.69) is 4.72 Å². The molecule has 7 heteroatoms. The number of sulfonamides is 1. The van der Waals surface area contributed by atoms with E-state index in [9.17, 15) is 17.2 Å². The van der Waals surface area contributed by atoms with Crippen molar-refractivity contribution in [2.75, 3.05) is 6.54 Å². The molecule has 0 unspecified atom stereocenters. The van der Waals surface area contributed by atoms with Crippen LogP contribution >= 0.6 is 0 Å². The molecule has 0 aromatic heterocycles. The summed E-state index contributed by atoms with van der Waals surface area (Å²) in [4.78, 5) is -0.644. The van der Waals surface area contributed by atoms with Crippen molar-refractivity contribution < 1.29 is 21.9 Å². The van der Waals surface area contributed by atoms with Gasteiger partial charge in [0.25, 0.3) is 0 Å². The number of aryl methyl sites for hydroxylation is 1. The topological polar surface area (TPSA) is 55.4 Å². The molecule has 0 spiro atoms. The highest BCUT2D eigenvalue weighted by Gasteiger charge is 2.41. The molecule has 2 heterocycles. The van der Waals surface area contributed by atoms with Crippen LogP contribution in [-0.4, -0.2) is 27.2 Å². The molecule has 0 saturated carbocycles. The predicted octanol–water partition coefficient (Wildman–Crippen LogP) is 2.12. The lowest BCUT2D eigenvalue weighted by atomic mass is 9.89.